The molecule has 0 saturated carbocycles. The average Bonchev–Trinajstić information content (AvgIpc) is 3.90. The molecule has 1 atom stereocenters. The maximum Gasteiger partial charge on any atom is 0.0677 e. The van der Waals surface area contributed by atoms with Crippen molar-refractivity contribution < 1.29 is 0 Å². The first-order chi connectivity index (χ1) is 36.6. The summed E-state index contributed by atoms with van der Waals surface area (Å²) in [4.78, 5) is 4.88. The van der Waals surface area contributed by atoms with Crippen molar-refractivity contribution >= 4 is 44.9 Å². The van der Waals surface area contributed by atoms with Crippen LogP contribution in [0.25, 0.3) is 55.3 Å². The number of hydrogen-bond acceptors (Lipinski definition) is 2. The van der Waals surface area contributed by atoms with Crippen LogP contribution in [0.3, 0.4) is 0 Å². The van der Waals surface area contributed by atoms with E-state index in [1.54, 1.807) is 0 Å². The highest BCUT2D eigenvalue weighted by molar-refractivity contribution is 6.06. The van der Waals surface area contributed by atoms with E-state index in [-0.39, 0.29) is 0 Å². The van der Waals surface area contributed by atoms with Crippen LogP contribution in [0.1, 0.15) is 35.1 Å². The average molecular weight is 947 g/mol. The van der Waals surface area contributed by atoms with E-state index in [0.717, 1.165) is 69.2 Å². The zero-order valence-corrected chi connectivity index (χ0v) is 41.4. The van der Waals surface area contributed by atoms with E-state index in [0.29, 0.717) is 0 Å². The fourth-order valence-electron chi connectivity index (χ4n) is 12.1. The van der Waals surface area contributed by atoms with E-state index in [2.05, 4.69) is 302 Å². The molecule has 2 aliphatic carbocycles. The molecule has 0 fully saturated rings. The third-order valence-electron chi connectivity index (χ3n) is 15.3. The Morgan fingerprint density at radius 1 is 0.378 bits per heavy atom. The minimum absolute atomic E-state index is 0.481. The molecule has 11 aromatic rings. The lowest BCUT2D eigenvalue weighted by atomic mass is 9.65. The van der Waals surface area contributed by atoms with E-state index < -0.39 is 5.41 Å². The number of allylic oxidation sites excluding steroid dienone is 4. The number of anilines is 6. The van der Waals surface area contributed by atoms with Gasteiger partial charge >= 0.3 is 0 Å². The van der Waals surface area contributed by atoms with Crippen molar-refractivity contribution in [3.63, 3.8) is 0 Å². The Labute approximate surface area is 435 Å². The first-order valence-corrected chi connectivity index (χ1v) is 25.9. The Balaban J connectivity index is 1.02. The Morgan fingerprint density at radius 3 is 1.73 bits per heavy atom. The van der Waals surface area contributed by atoms with Gasteiger partial charge in [0.05, 0.1) is 16.8 Å². The highest BCUT2D eigenvalue weighted by atomic mass is 15.2. The molecule has 0 N–H and O–H groups in total. The minimum Gasteiger partial charge on any atom is -0.310 e. The largest absolute Gasteiger partial charge is 0.310 e. The number of para-hydroxylation sites is 3. The Kier molecular flexibility index (Phi) is 11.5. The van der Waals surface area contributed by atoms with E-state index in [1.807, 2.05) is 0 Å². The van der Waals surface area contributed by atoms with Gasteiger partial charge in [-0.25, -0.2) is 0 Å². The molecule has 0 aromatic heterocycles. The molecular weight excluding hydrogens is 893 g/mol. The summed E-state index contributed by atoms with van der Waals surface area (Å²) in [7, 11) is 0. The molecular formula is C72H54N2. The van der Waals surface area contributed by atoms with Crippen LogP contribution in [-0.4, -0.2) is 0 Å². The predicted octanol–water partition coefficient (Wildman–Crippen LogP) is 19.7. The number of fused-ring (bicyclic) bond motifs is 4. The van der Waals surface area contributed by atoms with E-state index in [4.69, 9.17) is 0 Å². The van der Waals surface area contributed by atoms with Crippen molar-refractivity contribution in [2.45, 2.75) is 25.2 Å². The van der Waals surface area contributed by atoms with Crippen LogP contribution in [0, 0.1) is 6.92 Å². The Morgan fingerprint density at radius 2 is 0.973 bits per heavy atom. The second-order valence-corrected chi connectivity index (χ2v) is 19.5. The first kappa shape index (κ1) is 44.7. The zero-order valence-electron chi connectivity index (χ0n) is 41.4. The number of nitrogens with zero attached hydrogens (tertiary/aromatic N) is 2. The summed E-state index contributed by atoms with van der Waals surface area (Å²) in [5.41, 5.74) is 22.5. The number of aryl methyl sites for hydroxylation is 1. The minimum atomic E-state index is -0.481. The van der Waals surface area contributed by atoms with Gasteiger partial charge in [0.2, 0.25) is 0 Å². The maximum atomic E-state index is 2.53. The SMILES string of the molecule is Cc1cccc2c1-c1ccc(N(c3cccc(-c4cccc(-c5ccccc5N(c5ccccc5)c5ccccc5)c4)c3)c3ccc4ccccc4c3-c3ccccc3)cc1C2(C1=CC=CCC1)c1ccccc1. The van der Waals surface area contributed by atoms with E-state index in [9.17, 15) is 0 Å². The predicted molar refractivity (Wildman–Crippen MR) is 313 cm³/mol. The lowest BCUT2D eigenvalue weighted by molar-refractivity contribution is 0.692. The number of benzene rings is 11. The van der Waals surface area contributed by atoms with Gasteiger partial charge in [0, 0.05) is 33.9 Å². The lowest BCUT2D eigenvalue weighted by Crippen LogP contribution is -2.30. The molecule has 13 rings (SSSR count). The normalized spacial score (nSPS) is 14.5. The third kappa shape index (κ3) is 7.66. The summed E-state index contributed by atoms with van der Waals surface area (Å²) in [6.45, 7) is 2.28. The highest BCUT2D eigenvalue weighted by Crippen LogP contribution is 2.60. The molecule has 1 unspecified atom stereocenters. The number of rotatable bonds is 11. The van der Waals surface area contributed by atoms with Crippen LogP contribution in [-0.2, 0) is 5.41 Å². The fraction of sp³-hybridized carbons (Fsp3) is 0.0556. The molecule has 0 radical (unpaired) electrons. The molecule has 2 heteroatoms. The fourth-order valence-corrected chi connectivity index (χ4v) is 12.1. The molecule has 0 bridgehead atoms. The summed E-state index contributed by atoms with van der Waals surface area (Å²) in [6, 6.07) is 98.2. The van der Waals surface area contributed by atoms with Crippen LogP contribution < -0.4 is 9.80 Å². The maximum absolute atomic E-state index is 2.53. The standard InChI is InChI=1S/C72H54N2/c1-51-24-21-42-66-70(51)65-46-45-62(50-67(65)72(66,57-31-9-3-10-32-57)58-33-11-4-12-34-58)74(69-47-44-52-25-17-18-41-64(52)71(69)53-26-7-2-8-27-53)61-39-23-29-55(49-61)54-28-22-30-56(48-54)63-40-19-20-43-68(63)73(59-35-13-5-14-36-59)60-37-15-6-16-38-60/h2-11,13-33,35-50H,12,34H2,1H3. The lowest BCUT2D eigenvalue weighted by Gasteiger charge is -2.37. The molecule has 352 valence electrons. The van der Waals surface area contributed by atoms with Gasteiger partial charge in [0.15, 0.2) is 0 Å². The summed E-state index contributed by atoms with van der Waals surface area (Å²) in [6.07, 6.45) is 8.98. The molecule has 0 aliphatic heterocycles. The van der Waals surface area contributed by atoms with Crippen molar-refractivity contribution in [1.82, 2.24) is 0 Å². The third-order valence-corrected chi connectivity index (χ3v) is 15.3. The highest BCUT2D eigenvalue weighted by Gasteiger charge is 2.48. The summed E-state index contributed by atoms with van der Waals surface area (Å²) in [5, 5.41) is 2.42. The van der Waals surface area contributed by atoms with Gasteiger partial charge < -0.3 is 9.80 Å². The van der Waals surface area contributed by atoms with Crippen LogP contribution in [0.4, 0.5) is 34.1 Å². The Hall–Kier alpha value is -9.24. The second-order valence-electron chi connectivity index (χ2n) is 19.5. The van der Waals surface area contributed by atoms with E-state index >= 15 is 0 Å². The van der Waals surface area contributed by atoms with Gasteiger partial charge in [-0.05, 0) is 153 Å². The van der Waals surface area contributed by atoms with Crippen LogP contribution in [0.2, 0.25) is 0 Å². The topological polar surface area (TPSA) is 6.48 Å². The zero-order chi connectivity index (χ0) is 49.4. The molecule has 0 heterocycles. The van der Waals surface area contributed by atoms with Crippen LogP contribution >= 0.6 is 0 Å². The smallest absolute Gasteiger partial charge is 0.0677 e. The van der Waals surface area contributed by atoms with Crippen LogP contribution in [0.15, 0.2) is 291 Å². The van der Waals surface area contributed by atoms with Crippen molar-refractivity contribution in [3.8, 4) is 44.5 Å². The number of hydrogen-bond donors (Lipinski definition) is 0. The monoisotopic (exact) mass is 946 g/mol. The molecule has 0 saturated heterocycles. The van der Waals surface area contributed by atoms with Gasteiger partial charge in [-0.1, -0.05) is 224 Å². The summed E-state index contributed by atoms with van der Waals surface area (Å²) >= 11 is 0. The molecule has 0 spiro atoms. The van der Waals surface area contributed by atoms with Gasteiger partial charge in [-0.2, -0.15) is 0 Å². The van der Waals surface area contributed by atoms with Gasteiger partial charge in [-0.3, -0.25) is 0 Å². The quantitative estimate of drug-likeness (QED) is 0.127. The molecule has 11 aromatic carbocycles. The van der Waals surface area contributed by atoms with Gasteiger partial charge in [0.25, 0.3) is 0 Å². The molecule has 0 amide bonds. The Bertz CT molecular complexity index is 3870. The van der Waals surface area contributed by atoms with Gasteiger partial charge in [-0.15, -0.1) is 0 Å². The van der Waals surface area contributed by atoms with E-state index in [1.165, 1.54) is 60.9 Å². The summed E-state index contributed by atoms with van der Waals surface area (Å²) in [5.74, 6) is 0. The second kappa shape index (κ2) is 19.1. The van der Waals surface area contributed by atoms with Crippen LogP contribution in [0.5, 0.6) is 0 Å². The van der Waals surface area contributed by atoms with Crippen molar-refractivity contribution in [2.75, 3.05) is 9.80 Å². The molecule has 2 aliphatic rings. The van der Waals surface area contributed by atoms with Crippen molar-refractivity contribution in [2.24, 2.45) is 0 Å². The molecule has 2 nitrogen and oxygen atoms in total. The summed E-state index contributed by atoms with van der Waals surface area (Å²) < 4.78 is 0. The van der Waals surface area contributed by atoms with Crippen molar-refractivity contribution in [1.29, 1.82) is 0 Å². The first-order valence-electron chi connectivity index (χ1n) is 25.9. The van der Waals surface area contributed by atoms with Gasteiger partial charge in [0.1, 0.15) is 0 Å². The van der Waals surface area contributed by atoms with Crippen molar-refractivity contribution in [3.05, 3.63) is 313 Å². The molecule has 74 heavy (non-hydrogen) atoms.